The predicted molar refractivity (Wildman–Crippen MR) is 125 cm³/mol. The molecule has 0 aliphatic carbocycles. The molecule has 1 heterocycles. The zero-order chi connectivity index (χ0) is 22.9. The second-order valence-electron chi connectivity index (χ2n) is 8.06. The molecule has 0 aromatic heterocycles. The van der Waals surface area contributed by atoms with Crippen LogP contribution < -0.4 is 10.8 Å². The first kappa shape index (κ1) is 27.3. The minimum Gasteiger partial charge on any atom is -0.348 e. The highest BCUT2D eigenvalue weighted by Gasteiger charge is 2.23. The van der Waals surface area contributed by atoms with Crippen LogP contribution in [0.5, 0.6) is 0 Å². The normalized spacial score (nSPS) is 15.9. The van der Waals surface area contributed by atoms with Crippen LogP contribution >= 0.6 is 0 Å². The van der Waals surface area contributed by atoms with E-state index in [0.29, 0.717) is 18.9 Å². The van der Waals surface area contributed by atoms with Gasteiger partial charge in [-0.15, -0.1) is 4.40 Å². The van der Waals surface area contributed by atoms with Gasteiger partial charge >= 0.3 is 23.1 Å². The van der Waals surface area contributed by atoms with Gasteiger partial charge in [0.1, 0.15) is 5.84 Å². The number of rotatable bonds is 16. The van der Waals surface area contributed by atoms with E-state index < -0.39 is 23.1 Å². The van der Waals surface area contributed by atoms with Crippen molar-refractivity contribution in [3.05, 3.63) is 12.2 Å². The lowest BCUT2D eigenvalue weighted by atomic mass is 10.1. The number of carbonyl (C=O) groups excluding carboxylic acids is 2. The minimum atomic E-state index is -1.55. The van der Waals surface area contributed by atoms with Gasteiger partial charge in [0, 0.05) is 25.6 Å². The number of hydroxylamine groups is 1. The van der Waals surface area contributed by atoms with Gasteiger partial charge in [-0.05, 0) is 58.8 Å². The molecule has 31 heavy (non-hydrogen) atoms. The van der Waals surface area contributed by atoms with E-state index in [1.165, 1.54) is 0 Å². The Balaban J connectivity index is 2.06. The number of nitrogens with one attached hydrogen (secondary N) is 2. The molecule has 178 valence electrons. The van der Waals surface area contributed by atoms with E-state index in [9.17, 15) is 13.8 Å². The van der Waals surface area contributed by atoms with Crippen LogP contribution in [0.15, 0.2) is 16.5 Å². The summed E-state index contributed by atoms with van der Waals surface area (Å²) in [5, 5.41) is 2.71. The van der Waals surface area contributed by atoms with Crippen molar-refractivity contribution in [3.63, 3.8) is 0 Å². The Morgan fingerprint density at radius 3 is 2.39 bits per heavy atom. The fraction of sp³-hybridized carbons (Fsp3) is 0.773. The predicted octanol–water partition coefficient (Wildman–Crippen LogP) is 3.72. The first-order chi connectivity index (χ1) is 15.0. The van der Waals surface area contributed by atoms with Gasteiger partial charge in [0.05, 0.1) is 0 Å². The highest BCUT2D eigenvalue weighted by molar-refractivity contribution is 7.79. The molecular formula is C22H40N4O4S. The molecule has 1 unspecified atom stereocenters. The van der Waals surface area contributed by atoms with Crippen molar-refractivity contribution >= 4 is 28.9 Å². The summed E-state index contributed by atoms with van der Waals surface area (Å²) < 4.78 is 19.4. The molecule has 2 amide bonds. The molecule has 0 fully saturated rings. The molecule has 0 saturated carbocycles. The van der Waals surface area contributed by atoms with E-state index in [0.717, 1.165) is 70.6 Å². The fourth-order valence-electron chi connectivity index (χ4n) is 3.17. The van der Waals surface area contributed by atoms with Crippen molar-refractivity contribution in [2.24, 2.45) is 4.40 Å². The summed E-state index contributed by atoms with van der Waals surface area (Å²) in [5.74, 6) is -0.232. The molecule has 8 nitrogen and oxygen atoms in total. The van der Waals surface area contributed by atoms with E-state index in [2.05, 4.69) is 38.6 Å². The van der Waals surface area contributed by atoms with Crippen LogP contribution in [0.25, 0.3) is 0 Å². The number of amides is 2. The summed E-state index contributed by atoms with van der Waals surface area (Å²) in [4.78, 5) is 26.0. The van der Waals surface area contributed by atoms with Crippen molar-refractivity contribution < 1.29 is 18.1 Å². The van der Waals surface area contributed by atoms with E-state index >= 15 is 0 Å². The van der Waals surface area contributed by atoms with Crippen molar-refractivity contribution in [1.29, 1.82) is 0 Å². The maximum atomic E-state index is 12.4. The van der Waals surface area contributed by atoms with Crippen LogP contribution in [0, 0.1) is 0 Å². The third-order valence-corrected chi connectivity index (χ3v) is 5.63. The minimum absolute atomic E-state index is 0.0196. The molecular weight excluding hydrogens is 416 g/mol. The Labute approximate surface area is 190 Å². The summed E-state index contributed by atoms with van der Waals surface area (Å²) in [6, 6.07) is 0.0196. The highest BCUT2D eigenvalue weighted by atomic mass is 32.2. The standard InChI is InChI=1S/C22H40N4O4S/c1-4-5-17-23-21(27)22(28)26(19(2)3)18-15-13-11-9-7-6-8-10-12-14-16-20-24-30-31(29)25-20/h7,9,19H,4-6,8,10-18H2,1-3H3,(H,23,27)(H,24,25)/b9-7-. The van der Waals surface area contributed by atoms with Gasteiger partial charge in [-0.25, -0.2) is 9.69 Å². The monoisotopic (exact) mass is 456 g/mol. The molecule has 2 N–H and O–H groups in total. The summed E-state index contributed by atoms with van der Waals surface area (Å²) >= 11 is -1.55. The molecule has 1 aliphatic heterocycles. The van der Waals surface area contributed by atoms with Crippen LogP contribution in [0.4, 0.5) is 0 Å². The number of hydrogen-bond acceptors (Lipinski definition) is 5. The number of allylic oxidation sites excluding steroid dienone is 2. The second kappa shape index (κ2) is 16.9. The third-order valence-electron chi connectivity index (χ3n) is 5.03. The number of carbonyl (C=O) groups is 2. The molecule has 0 spiro atoms. The van der Waals surface area contributed by atoms with Crippen LogP contribution in [0.3, 0.4) is 0 Å². The highest BCUT2D eigenvalue weighted by Crippen LogP contribution is 2.10. The van der Waals surface area contributed by atoms with Crippen molar-refractivity contribution in [1.82, 2.24) is 15.7 Å². The van der Waals surface area contributed by atoms with Crippen LogP contribution in [-0.4, -0.2) is 45.9 Å². The van der Waals surface area contributed by atoms with Crippen LogP contribution in [0.2, 0.25) is 0 Å². The van der Waals surface area contributed by atoms with Crippen molar-refractivity contribution in [2.75, 3.05) is 13.1 Å². The number of amidine groups is 1. The Bertz CT molecular complexity index is 623. The van der Waals surface area contributed by atoms with Crippen molar-refractivity contribution in [3.8, 4) is 0 Å². The van der Waals surface area contributed by atoms with Gasteiger partial charge in [0.15, 0.2) is 0 Å². The number of unbranched alkanes of at least 4 members (excludes halogenated alkanes) is 7. The Morgan fingerprint density at radius 2 is 1.77 bits per heavy atom. The largest absolute Gasteiger partial charge is 0.348 e. The zero-order valence-corrected chi connectivity index (χ0v) is 20.2. The molecule has 9 heteroatoms. The van der Waals surface area contributed by atoms with Crippen LogP contribution in [-0.2, 0) is 25.1 Å². The van der Waals surface area contributed by atoms with E-state index in [-0.39, 0.29) is 6.04 Å². The lowest BCUT2D eigenvalue weighted by Crippen LogP contribution is -2.46. The molecule has 1 rings (SSSR count). The molecule has 0 aromatic rings. The van der Waals surface area contributed by atoms with Gasteiger partial charge < -0.3 is 10.2 Å². The first-order valence-electron chi connectivity index (χ1n) is 11.6. The lowest BCUT2D eigenvalue weighted by Gasteiger charge is -2.26. The van der Waals surface area contributed by atoms with Gasteiger partial charge in [0.25, 0.3) is 0 Å². The van der Waals surface area contributed by atoms with Gasteiger partial charge in [-0.3, -0.25) is 9.59 Å². The summed E-state index contributed by atoms with van der Waals surface area (Å²) in [5.41, 5.74) is 2.57. The average Bonchev–Trinajstić information content (AvgIpc) is 3.15. The fourth-order valence-corrected chi connectivity index (χ4v) is 3.69. The molecule has 0 aromatic carbocycles. The van der Waals surface area contributed by atoms with Gasteiger partial charge in [-0.1, -0.05) is 38.3 Å². The number of hydrogen-bond donors (Lipinski definition) is 2. The Hall–Kier alpha value is -1.74. The third kappa shape index (κ3) is 12.6. The molecule has 1 aliphatic rings. The summed E-state index contributed by atoms with van der Waals surface area (Å²) in [6.07, 6.45) is 15.5. The smallest absolute Gasteiger partial charge is 0.312 e. The first-order valence-corrected chi connectivity index (χ1v) is 12.7. The van der Waals surface area contributed by atoms with Crippen molar-refractivity contribution in [2.45, 2.75) is 97.4 Å². The average molecular weight is 457 g/mol. The molecule has 1 atom stereocenters. The topological polar surface area (TPSA) is 100 Å². The Morgan fingerprint density at radius 1 is 1.10 bits per heavy atom. The van der Waals surface area contributed by atoms with E-state index in [1.807, 2.05) is 13.8 Å². The van der Waals surface area contributed by atoms with E-state index in [4.69, 9.17) is 0 Å². The number of nitrogens with zero attached hydrogens (tertiary/aromatic N) is 2. The molecule has 0 radical (unpaired) electrons. The SMILES string of the molecule is CCCCNC(=O)C(=O)N(CCCC/C=C\CCCCCCC1=NS(=O)ON1)C(C)C. The van der Waals surface area contributed by atoms with Gasteiger partial charge in [0.2, 0.25) is 0 Å². The second-order valence-corrected chi connectivity index (χ2v) is 8.85. The lowest BCUT2D eigenvalue weighted by molar-refractivity contribution is -0.147. The Kier molecular flexibility index (Phi) is 14.9. The van der Waals surface area contributed by atoms with Crippen LogP contribution in [0.1, 0.15) is 91.4 Å². The molecule has 0 saturated heterocycles. The summed E-state index contributed by atoms with van der Waals surface area (Å²) in [7, 11) is 0. The zero-order valence-electron chi connectivity index (χ0n) is 19.4. The maximum absolute atomic E-state index is 12.4. The maximum Gasteiger partial charge on any atom is 0.312 e. The molecule has 0 bridgehead atoms. The van der Waals surface area contributed by atoms with E-state index in [1.54, 1.807) is 4.90 Å². The van der Waals surface area contributed by atoms with Gasteiger partial charge in [-0.2, -0.15) is 4.28 Å². The summed E-state index contributed by atoms with van der Waals surface area (Å²) in [6.45, 7) is 7.12. The quantitative estimate of drug-likeness (QED) is 0.209.